The molecule has 0 bridgehead atoms. The molecule has 0 radical (unpaired) electrons. The minimum Gasteiger partial charge on any atom is -0.455 e. The zero-order valence-electron chi connectivity index (χ0n) is 18.8. The summed E-state index contributed by atoms with van der Waals surface area (Å²) in [5, 5.41) is 2.62. The number of benzene rings is 1. The number of anilines is 2. The third-order valence-electron chi connectivity index (χ3n) is 5.49. The van der Waals surface area contributed by atoms with Crippen molar-refractivity contribution in [3.63, 3.8) is 0 Å². The molecular weight excluding hydrogens is 446 g/mol. The van der Waals surface area contributed by atoms with Gasteiger partial charge in [0, 0.05) is 44.3 Å². The van der Waals surface area contributed by atoms with Gasteiger partial charge >= 0.3 is 5.97 Å². The molecule has 10 nitrogen and oxygen atoms in total. The fraction of sp³-hybridized carbons (Fsp3) is 0.455. The number of hydrogen-bond acceptors (Lipinski definition) is 8. The van der Waals surface area contributed by atoms with Crippen LogP contribution in [0.25, 0.3) is 0 Å². The third kappa shape index (κ3) is 6.26. The average Bonchev–Trinajstić information content (AvgIpc) is 2.84. The predicted molar refractivity (Wildman–Crippen MR) is 123 cm³/mol. The van der Waals surface area contributed by atoms with Crippen LogP contribution >= 0.6 is 0 Å². The Balaban J connectivity index is 1.45. The first-order chi connectivity index (χ1) is 15.8. The summed E-state index contributed by atoms with van der Waals surface area (Å²) in [5.41, 5.74) is 0.422. The largest absolute Gasteiger partial charge is 0.455 e. The molecule has 1 aromatic carbocycles. The molecule has 1 N–H and O–H groups in total. The molecule has 0 aliphatic carbocycles. The smallest absolute Gasteiger partial charge is 0.309 e. The summed E-state index contributed by atoms with van der Waals surface area (Å²) < 4.78 is 31.6. The second-order valence-electron chi connectivity index (χ2n) is 7.58. The summed E-state index contributed by atoms with van der Waals surface area (Å²) in [6, 6.07) is 7.66. The summed E-state index contributed by atoms with van der Waals surface area (Å²) in [7, 11) is -3.56. The van der Waals surface area contributed by atoms with Crippen molar-refractivity contribution in [3.05, 3.63) is 42.7 Å². The van der Waals surface area contributed by atoms with Gasteiger partial charge in [-0.2, -0.15) is 4.31 Å². The van der Waals surface area contributed by atoms with E-state index in [2.05, 4.69) is 15.3 Å². The quantitative estimate of drug-likeness (QED) is 0.546. The van der Waals surface area contributed by atoms with E-state index in [-0.39, 0.29) is 10.8 Å². The van der Waals surface area contributed by atoms with Crippen LogP contribution < -0.4 is 10.2 Å². The van der Waals surface area contributed by atoms with Gasteiger partial charge in [-0.25, -0.2) is 18.4 Å². The van der Waals surface area contributed by atoms with E-state index in [1.807, 2.05) is 4.90 Å². The molecule has 1 fully saturated rings. The molecule has 11 heteroatoms. The molecule has 1 aliphatic heterocycles. The summed E-state index contributed by atoms with van der Waals surface area (Å²) in [4.78, 5) is 35.1. The number of nitrogens with one attached hydrogen (secondary N) is 1. The Morgan fingerprint density at radius 1 is 1.09 bits per heavy atom. The number of carbonyl (C=O) groups is 2. The highest BCUT2D eigenvalue weighted by Gasteiger charge is 2.27. The molecule has 0 saturated carbocycles. The third-order valence-corrected chi connectivity index (χ3v) is 7.55. The van der Waals surface area contributed by atoms with E-state index in [9.17, 15) is 18.0 Å². The van der Waals surface area contributed by atoms with E-state index in [1.54, 1.807) is 32.3 Å². The van der Waals surface area contributed by atoms with Gasteiger partial charge in [-0.3, -0.25) is 9.59 Å². The zero-order chi connectivity index (χ0) is 23.8. The first kappa shape index (κ1) is 24.6. The number of nitrogens with zero attached hydrogens (tertiary/aromatic N) is 4. The van der Waals surface area contributed by atoms with E-state index >= 15 is 0 Å². The number of aromatic nitrogens is 2. The Hall–Kier alpha value is -3.05. The van der Waals surface area contributed by atoms with Gasteiger partial charge in [-0.1, -0.05) is 13.8 Å². The molecule has 0 unspecified atom stereocenters. The van der Waals surface area contributed by atoms with Gasteiger partial charge in [-0.15, -0.1) is 0 Å². The molecule has 1 saturated heterocycles. The number of amides is 1. The second kappa shape index (κ2) is 11.2. The number of rotatable bonds is 9. The molecule has 0 spiro atoms. The van der Waals surface area contributed by atoms with Gasteiger partial charge < -0.3 is 15.0 Å². The van der Waals surface area contributed by atoms with Gasteiger partial charge in [0.2, 0.25) is 16.0 Å². The van der Waals surface area contributed by atoms with Gasteiger partial charge in [-0.05, 0) is 43.2 Å². The summed E-state index contributed by atoms with van der Waals surface area (Å²) in [6.07, 6.45) is 4.56. The van der Waals surface area contributed by atoms with E-state index in [0.29, 0.717) is 50.7 Å². The van der Waals surface area contributed by atoms with Crippen molar-refractivity contribution in [2.24, 2.45) is 5.92 Å². The van der Waals surface area contributed by atoms with E-state index < -0.39 is 28.5 Å². The Kier molecular flexibility index (Phi) is 8.34. The highest BCUT2D eigenvalue weighted by atomic mass is 32.2. The maximum absolute atomic E-state index is 12.5. The molecule has 1 aromatic heterocycles. The number of ether oxygens (including phenoxy) is 1. The Morgan fingerprint density at radius 3 is 2.27 bits per heavy atom. The molecule has 33 heavy (non-hydrogen) atoms. The molecule has 2 heterocycles. The lowest BCUT2D eigenvalue weighted by atomic mass is 9.97. The standard InChI is InChI=1S/C22H29N5O5S/c1-3-27(4-2)33(30,31)19-8-6-18(7-9-19)25-20(28)16-32-21(29)17-10-14-26(15-11-17)22-23-12-5-13-24-22/h5-9,12-13,17H,3-4,10-11,14-16H2,1-2H3,(H,25,28). The van der Waals surface area contributed by atoms with Gasteiger partial charge in [0.15, 0.2) is 6.61 Å². The van der Waals surface area contributed by atoms with Crippen molar-refractivity contribution in [2.45, 2.75) is 31.6 Å². The van der Waals surface area contributed by atoms with Gasteiger partial charge in [0.05, 0.1) is 10.8 Å². The highest BCUT2D eigenvalue weighted by molar-refractivity contribution is 7.89. The molecule has 1 amide bonds. The minimum absolute atomic E-state index is 0.155. The lowest BCUT2D eigenvalue weighted by Crippen LogP contribution is -2.38. The molecule has 3 rings (SSSR count). The van der Waals surface area contributed by atoms with Gasteiger partial charge in [0.1, 0.15) is 0 Å². The lowest BCUT2D eigenvalue weighted by molar-refractivity contribution is -0.152. The van der Waals surface area contributed by atoms with Crippen LogP contribution in [0.2, 0.25) is 0 Å². The normalized spacial score (nSPS) is 14.8. The minimum atomic E-state index is -3.56. The monoisotopic (exact) mass is 475 g/mol. The lowest BCUT2D eigenvalue weighted by Gasteiger charge is -2.30. The van der Waals surface area contributed by atoms with Crippen LogP contribution in [-0.2, 0) is 24.3 Å². The molecule has 2 aromatic rings. The maximum atomic E-state index is 12.5. The van der Waals surface area contributed by atoms with Crippen LogP contribution in [0, 0.1) is 5.92 Å². The summed E-state index contributed by atoms with van der Waals surface area (Å²) in [5.74, 6) is -0.529. The number of esters is 1. The molecule has 178 valence electrons. The SMILES string of the molecule is CCN(CC)S(=O)(=O)c1ccc(NC(=O)COC(=O)C2CCN(c3ncccn3)CC2)cc1. The van der Waals surface area contributed by atoms with Crippen molar-refractivity contribution in [2.75, 3.05) is 43.0 Å². The van der Waals surface area contributed by atoms with Crippen LogP contribution in [0.4, 0.5) is 11.6 Å². The number of carbonyl (C=O) groups excluding carboxylic acids is 2. The number of piperidine rings is 1. The van der Waals surface area contributed by atoms with Crippen molar-refractivity contribution in [1.82, 2.24) is 14.3 Å². The van der Waals surface area contributed by atoms with Crippen molar-refractivity contribution < 1.29 is 22.7 Å². The Morgan fingerprint density at radius 2 is 1.70 bits per heavy atom. The van der Waals surface area contributed by atoms with Crippen LogP contribution in [0.5, 0.6) is 0 Å². The van der Waals surface area contributed by atoms with Gasteiger partial charge in [0.25, 0.3) is 5.91 Å². The first-order valence-corrected chi connectivity index (χ1v) is 12.4. The van der Waals surface area contributed by atoms with Crippen molar-refractivity contribution in [1.29, 1.82) is 0 Å². The van der Waals surface area contributed by atoms with Crippen LogP contribution in [-0.4, -0.2) is 67.4 Å². The fourth-order valence-corrected chi connectivity index (χ4v) is 5.10. The summed E-state index contributed by atoms with van der Waals surface area (Å²) >= 11 is 0. The van der Waals surface area contributed by atoms with Crippen LogP contribution in [0.1, 0.15) is 26.7 Å². The number of sulfonamides is 1. The summed E-state index contributed by atoms with van der Waals surface area (Å²) in [6.45, 7) is 5.18. The van der Waals surface area contributed by atoms with Crippen LogP contribution in [0.3, 0.4) is 0 Å². The van der Waals surface area contributed by atoms with E-state index in [4.69, 9.17) is 4.74 Å². The predicted octanol–water partition coefficient (Wildman–Crippen LogP) is 1.91. The maximum Gasteiger partial charge on any atom is 0.309 e. The Bertz CT molecular complexity index is 1030. The Labute approximate surface area is 194 Å². The topological polar surface area (TPSA) is 122 Å². The first-order valence-electron chi connectivity index (χ1n) is 10.9. The number of hydrogen-bond donors (Lipinski definition) is 1. The van der Waals surface area contributed by atoms with E-state index in [1.165, 1.54) is 28.6 Å². The highest BCUT2D eigenvalue weighted by Crippen LogP contribution is 2.22. The van der Waals surface area contributed by atoms with Crippen LogP contribution in [0.15, 0.2) is 47.6 Å². The second-order valence-corrected chi connectivity index (χ2v) is 9.52. The molecule has 1 aliphatic rings. The molecule has 0 atom stereocenters. The van der Waals surface area contributed by atoms with Crippen molar-refractivity contribution in [3.8, 4) is 0 Å². The zero-order valence-corrected chi connectivity index (χ0v) is 19.6. The fourth-order valence-electron chi connectivity index (χ4n) is 3.64. The van der Waals surface area contributed by atoms with E-state index in [0.717, 1.165) is 0 Å². The van der Waals surface area contributed by atoms with Crippen molar-refractivity contribution >= 4 is 33.5 Å². The molecular formula is C22H29N5O5S. The average molecular weight is 476 g/mol.